The van der Waals surface area contributed by atoms with Crippen molar-refractivity contribution in [3.63, 3.8) is 0 Å². The van der Waals surface area contributed by atoms with E-state index >= 15 is 0 Å². The second kappa shape index (κ2) is 4.11. The standard InChI is InChI=1S/C9H8N2O3S/c1-15(13,14)8-4-2-7(3-5-8)9(12)11-6-10/h2-5H,1H3,(H,11,12). The average molecular weight is 224 g/mol. The zero-order valence-corrected chi connectivity index (χ0v) is 8.71. The molecule has 0 unspecified atom stereocenters. The molecule has 0 aliphatic heterocycles. The lowest BCUT2D eigenvalue weighted by Crippen LogP contribution is -2.17. The fourth-order valence-electron chi connectivity index (χ4n) is 0.976. The van der Waals surface area contributed by atoms with Crippen LogP contribution in [0.3, 0.4) is 0 Å². The van der Waals surface area contributed by atoms with Crippen LogP contribution in [0.1, 0.15) is 10.4 Å². The van der Waals surface area contributed by atoms with Gasteiger partial charge in [-0.2, -0.15) is 5.26 Å². The van der Waals surface area contributed by atoms with Gasteiger partial charge in [0.2, 0.25) is 0 Å². The van der Waals surface area contributed by atoms with Crippen molar-refractivity contribution >= 4 is 15.7 Å². The minimum absolute atomic E-state index is 0.135. The third-order valence-electron chi connectivity index (χ3n) is 1.71. The number of hydrogen-bond donors (Lipinski definition) is 1. The second-order valence-electron chi connectivity index (χ2n) is 2.86. The van der Waals surface area contributed by atoms with Crippen LogP contribution < -0.4 is 5.32 Å². The number of benzene rings is 1. The van der Waals surface area contributed by atoms with Crippen LogP contribution in [0.25, 0.3) is 0 Å². The molecule has 15 heavy (non-hydrogen) atoms. The third-order valence-corrected chi connectivity index (χ3v) is 2.84. The molecular formula is C9H8N2O3S. The highest BCUT2D eigenvalue weighted by Gasteiger charge is 2.08. The zero-order chi connectivity index (χ0) is 11.5. The Morgan fingerprint density at radius 2 is 1.87 bits per heavy atom. The highest BCUT2D eigenvalue weighted by molar-refractivity contribution is 7.90. The van der Waals surface area contributed by atoms with E-state index in [9.17, 15) is 13.2 Å². The van der Waals surface area contributed by atoms with Gasteiger partial charge in [0.25, 0.3) is 5.91 Å². The van der Waals surface area contributed by atoms with Crippen molar-refractivity contribution in [2.45, 2.75) is 4.90 Å². The van der Waals surface area contributed by atoms with Gasteiger partial charge in [-0.3, -0.25) is 10.1 Å². The topological polar surface area (TPSA) is 87.0 Å². The Kier molecular flexibility index (Phi) is 3.07. The Hall–Kier alpha value is -1.87. The van der Waals surface area contributed by atoms with Crippen LogP contribution in [0.15, 0.2) is 29.2 Å². The van der Waals surface area contributed by atoms with Crippen molar-refractivity contribution in [1.29, 1.82) is 5.26 Å². The average Bonchev–Trinajstić information content (AvgIpc) is 2.17. The first-order valence-corrected chi connectivity index (χ1v) is 5.84. The van der Waals surface area contributed by atoms with E-state index in [2.05, 4.69) is 0 Å². The predicted molar refractivity (Wildman–Crippen MR) is 52.6 cm³/mol. The molecule has 5 nitrogen and oxygen atoms in total. The van der Waals surface area contributed by atoms with Gasteiger partial charge in [-0.25, -0.2) is 8.42 Å². The number of nitriles is 1. The van der Waals surface area contributed by atoms with Crippen LogP contribution in [0.5, 0.6) is 0 Å². The molecule has 0 heterocycles. The third kappa shape index (κ3) is 2.79. The number of nitrogens with zero attached hydrogens (tertiary/aromatic N) is 1. The smallest absolute Gasteiger partial charge is 0.264 e. The summed E-state index contributed by atoms with van der Waals surface area (Å²) in [5.41, 5.74) is 0.240. The van der Waals surface area contributed by atoms with Gasteiger partial charge >= 0.3 is 0 Å². The molecule has 0 aromatic heterocycles. The molecule has 1 N–H and O–H groups in total. The molecule has 1 aromatic carbocycles. The molecule has 1 rings (SSSR count). The van der Waals surface area contributed by atoms with Crippen LogP contribution in [-0.2, 0) is 9.84 Å². The summed E-state index contributed by atoms with van der Waals surface area (Å²) in [7, 11) is -3.25. The first-order chi connectivity index (χ1) is 6.95. The van der Waals surface area contributed by atoms with Crippen LogP contribution in [0.2, 0.25) is 0 Å². The van der Waals surface area contributed by atoms with Crippen molar-refractivity contribution in [1.82, 2.24) is 5.32 Å². The molecule has 0 saturated heterocycles. The van der Waals surface area contributed by atoms with E-state index in [1.165, 1.54) is 30.5 Å². The summed E-state index contributed by atoms with van der Waals surface area (Å²) in [6.45, 7) is 0. The molecule has 1 amide bonds. The molecule has 78 valence electrons. The molecule has 0 spiro atoms. The van der Waals surface area contributed by atoms with Gasteiger partial charge < -0.3 is 0 Å². The van der Waals surface area contributed by atoms with Gasteiger partial charge in [0.1, 0.15) is 0 Å². The number of hydrogen-bond acceptors (Lipinski definition) is 4. The van der Waals surface area contributed by atoms with E-state index in [1.807, 2.05) is 5.32 Å². The van der Waals surface area contributed by atoms with Gasteiger partial charge in [0.15, 0.2) is 16.0 Å². The normalized spacial score (nSPS) is 10.4. The van der Waals surface area contributed by atoms with Crippen molar-refractivity contribution in [2.75, 3.05) is 6.26 Å². The van der Waals surface area contributed by atoms with Crippen molar-refractivity contribution < 1.29 is 13.2 Å². The maximum Gasteiger partial charge on any atom is 0.264 e. The quantitative estimate of drug-likeness (QED) is 0.578. The van der Waals surface area contributed by atoms with Gasteiger partial charge in [-0.05, 0) is 24.3 Å². The molecule has 1 aromatic rings. The molecule has 0 saturated carbocycles. The zero-order valence-electron chi connectivity index (χ0n) is 7.89. The van der Waals surface area contributed by atoms with E-state index in [0.29, 0.717) is 0 Å². The SMILES string of the molecule is CS(=O)(=O)c1ccc(C(=O)NC#N)cc1. The van der Waals surface area contributed by atoms with E-state index in [-0.39, 0.29) is 10.5 Å². The summed E-state index contributed by atoms with van der Waals surface area (Å²) < 4.78 is 22.2. The van der Waals surface area contributed by atoms with Crippen LogP contribution in [0.4, 0.5) is 0 Å². The minimum atomic E-state index is -3.25. The minimum Gasteiger partial charge on any atom is -0.268 e. The Morgan fingerprint density at radius 3 is 2.27 bits per heavy atom. The maximum atomic E-state index is 11.1. The molecule has 0 radical (unpaired) electrons. The first kappa shape index (κ1) is 11.2. The van der Waals surface area contributed by atoms with Gasteiger partial charge in [-0.15, -0.1) is 0 Å². The lowest BCUT2D eigenvalue weighted by atomic mass is 10.2. The molecular weight excluding hydrogens is 216 g/mol. The fourth-order valence-corrected chi connectivity index (χ4v) is 1.61. The maximum absolute atomic E-state index is 11.1. The largest absolute Gasteiger partial charge is 0.268 e. The number of amides is 1. The van der Waals surface area contributed by atoms with E-state index < -0.39 is 15.7 Å². The number of carbonyl (C=O) groups is 1. The number of sulfone groups is 1. The highest BCUT2D eigenvalue weighted by Crippen LogP contribution is 2.09. The number of carbonyl (C=O) groups excluding carboxylic acids is 1. The lowest BCUT2D eigenvalue weighted by molar-refractivity contribution is 0.0973. The summed E-state index contributed by atoms with van der Waals surface area (Å²) in [6.07, 6.45) is 2.57. The monoisotopic (exact) mass is 224 g/mol. The Morgan fingerprint density at radius 1 is 1.33 bits per heavy atom. The van der Waals surface area contributed by atoms with Crippen LogP contribution in [0, 0.1) is 11.5 Å². The van der Waals surface area contributed by atoms with Gasteiger partial charge in [0.05, 0.1) is 4.90 Å². The molecule has 0 fully saturated rings. The van der Waals surface area contributed by atoms with Crippen molar-refractivity contribution in [2.24, 2.45) is 0 Å². The van der Waals surface area contributed by atoms with Gasteiger partial charge in [-0.1, -0.05) is 0 Å². The van der Waals surface area contributed by atoms with E-state index in [4.69, 9.17) is 5.26 Å². The van der Waals surface area contributed by atoms with Crippen LogP contribution >= 0.6 is 0 Å². The Balaban J connectivity index is 3.02. The number of nitrogens with one attached hydrogen (secondary N) is 1. The molecule has 0 aliphatic carbocycles. The second-order valence-corrected chi connectivity index (χ2v) is 4.88. The summed E-state index contributed by atoms with van der Waals surface area (Å²) in [4.78, 5) is 11.3. The Labute approximate surface area is 87.3 Å². The summed E-state index contributed by atoms with van der Waals surface area (Å²) in [5.74, 6) is -0.558. The number of rotatable bonds is 2. The van der Waals surface area contributed by atoms with E-state index in [0.717, 1.165) is 6.26 Å². The first-order valence-electron chi connectivity index (χ1n) is 3.94. The molecule has 6 heteroatoms. The summed E-state index contributed by atoms with van der Waals surface area (Å²) >= 11 is 0. The molecule has 0 bridgehead atoms. The van der Waals surface area contributed by atoms with E-state index in [1.54, 1.807) is 0 Å². The molecule has 0 atom stereocenters. The van der Waals surface area contributed by atoms with Gasteiger partial charge in [0, 0.05) is 11.8 Å². The summed E-state index contributed by atoms with van der Waals surface area (Å²) in [5, 5.41) is 10.1. The fraction of sp³-hybridized carbons (Fsp3) is 0.111. The Bertz CT molecular complexity index is 511. The predicted octanol–water partition coefficient (Wildman–Crippen LogP) is 0.301. The molecule has 0 aliphatic rings. The van der Waals surface area contributed by atoms with Crippen molar-refractivity contribution in [3.8, 4) is 6.19 Å². The van der Waals surface area contributed by atoms with Crippen molar-refractivity contribution in [3.05, 3.63) is 29.8 Å². The van der Waals surface area contributed by atoms with Crippen LogP contribution in [-0.4, -0.2) is 20.6 Å². The summed E-state index contributed by atoms with van der Waals surface area (Å²) in [6, 6.07) is 5.34. The lowest BCUT2D eigenvalue weighted by Gasteiger charge is -2.00. The highest BCUT2D eigenvalue weighted by atomic mass is 32.2.